The van der Waals surface area contributed by atoms with E-state index in [4.69, 9.17) is 4.74 Å². The molecule has 2 rings (SSSR count). The summed E-state index contributed by atoms with van der Waals surface area (Å²) in [5.74, 6) is 0.411. The number of para-hydroxylation sites is 1. The molecule has 0 spiro atoms. The number of fused-ring (bicyclic) bond motifs is 1. The lowest BCUT2D eigenvalue weighted by Gasteiger charge is -2.11. The number of hydrogen-bond donors (Lipinski definition) is 0. The van der Waals surface area contributed by atoms with Crippen LogP contribution in [0.25, 0.3) is 10.9 Å². The average Bonchev–Trinajstić information content (AvgIpc) is 2.40. The number of ether oxygens (including phenoxy) is 1. The standard InChI is InChI=1S/C15H17NO2/c1-3-5-10-18-14-11-12-8-6-7-9-13(12)16(4-2)15(14)17/h3,5-9,11H,4,10H2,1-2H3. The summed E-state index contributed by atoms with van der Waals surface area (Å²) < 4.78 is 7.24. The van der Waals surface area contributed by atoms with Crippen LogP contribution >= 0.6 is 0 Å². The van der Waals surface area contributed by atoms with Crippen molar-refractivity contribution in [1.29, 1.82) is 0 Å². The summed E-state index contributed by atoms with van der Waals surface area (Å²) in [6.45, 7) is 4.95. The topological polar surface area (TPSA) is 31.2 Å². The fourth-order valence-electron chi connectivity index (χ4n) is 1.95. The van der Waals surface area contributed by atoms with Gasteiger partial charge in [0.2, 0.25) is 0 Å². The number of aromatic nitrogens is 1. The Morgan fingerprint density at radius 2 is 2.11 bits per heavy atom. The van der Waals surface area contributed by atoms with Crippen molar-refractivity contribution in [2.45, 2.75) is 20.4 Å². The number of nitrogens with zero attached hydrogens (tertiary/aromatic N) is 1. The highest BCUT2D eigenvalue weighted by Crippen LogP contribution is 2.17. The van der Waals surface area contributed by atoms with Gasteiger partial charge in [0.15, 0.2) is 5.75 Å². The first kappa shape index (κ1) is 12.4. The molecule has 0 fully saturated rings. The van der Waals surface area contributed by atoms with Gasteiger partial charge in [-0.1, -0.05) is 30.4 Å². The molecule has 0 unspecified atom stereocenters. The van der Waals surface area contributed by atoms with Crippen LogP contribution < -0.4 is 10.3 Å². The number of hydrogen-bond acceptors (Lipinski definition) is 2. The number of pyridine rings is 1. The van der Waals surface area contributed by atoms with Gasteiger partial charge in [0.1, 0.15) is 6.61 Å². The van der Waals surface area contributed by atoms with E-state index in [1.807, 2.05) is 56.3 Å². The Hall–Kier alpha value is -2.03. The van der Waals surface area contributed by atoms with Crippen molar-refractivity contribution >= 4 is 10.9 Å². The number of aryl methyl sites for hydroxylation is 1. The summed E-state index contributed by atoms with van der Waals surface area (Å²) in [5.41, 5.74) is 0.879. The molecule has 1 aromatic heterocycles. The molecule has 0 bridgehead atoms. The third kappa shape index (κ3) is 2.30. The van der Waals surface area contributed by atoms with Crippen LogP contribution in [0.2, 0.25) is 0 Å². The quantitative estimate of drug-likeness (QED) is 0.773. The molecule has 0 N–H and O–H groups in total. The Labute approximate surface area is 106 Å². The van der Waals surface area contributed by atoms with E-state index in [0.717, 1.165) is 10.9 Å². The predicted octanol–water partition coefficient (Wildman–Crippen LogP) is 2.98. The minimum Gasteiger partial charge on any atom is -0.484 e. The van der Waals surface area contributed by atoms with E-state index in [-0.39, 0.29) is 5.56 Å². The lowest BCUT2D eigenvalue weighted by Crippen LogP contribution is -2.21. The molecular weight excluding hydrogens is 226 g/mol. The lowest BCUT2D eigenvalue weighted by atomic mass is 10.2. The van der Waals surface area contributed by atoms with Gasteiger partial charge in [-0.2, -0.15) is 0 Å². The summed E-state index contributed by atoms with van der Waals surface area (Å²) in [6.07, 6.45) is 3.78. The second-order valence-electron chi connectivity index (χ2n) is 4.00. The molecule has 18 heavy (non-hydrogen) atoms. The van der Waals surface area contributed by atoms with Gasteiger partial charge in [-0.3, -0.25) is 4.79 Å². The van der Waals surface area contributed by atoms with Crippen LogP contribution in [0.1, 0.15) is 13.8 Å². The maximum atomic E-state index is 12.2. The summed E-state index contributed by atoms with van der Waals surface area (Å²) in [4.78, 5) is 12.2. The molecule has 0 aliphatic rings. The van der Waals surface area contributed by atoms with Crippen LogP contribution in [0.4, 0.5) is 0 Å². The maximum Gasteiger partial charge on any atom is 0.293 e. The largest absolute Gasteiger partial charge is 0.484 e. The zero-order chi connectivity index (χ0) is 13.0. The Morgan fingerprint density at radius 3 is 2.83 bits per heavy atom. The van der Waals surface area contributed by atoms with E-state index < -0.39 is 0 Å². The Balaban J connectivity index is 2.54. The van der Waals surface area contributed by atoms with E-state index in [1.54, 1.807) is 4.57 Å². The third-order valence-electron chi connectivity index (χ3n) is 2.86. The molecule has 2 aromatic rings. The first-order chi connectivity index (χ1) is 8.77. The third-order valence-corrected chi connectivity index (χ3v) is 2.86. The molecule has 94 valence electrons. The van der Waals surface area contributed by atoms with Crippen LogP contribution in [0.5, 0.6) is 5.75 Å². The molecule has 3 heteroatoms. The predicted molar refractivity (Wildman–Crippen MR) is 74.2 cm³/mol. The van der Waals surface area contributed by atoms with E-state index >= 15 is 0 Å². The van der Waals surface area contributed by atoms with Gasteiger partial charge in [0, 0.05) is 11.9 Å². The normalized spacial score (nSPS) is 11.2. The highest BCUT2D eigenvalue weighted by molar-refractivity contribution is 5.80. The SMILES string of the molecule is CC=CCOc1cc2ccccc2n(CC)c1=O. The van der Waals surface area contributed by atoms with Gasteiger partial charge < -0.3 is 9.30 Å². The molecule has 1 aromatic carbocycles. The fourth-order valence-corrected chi connectivity index (χ4v) is 1.95. The molecule has 1 heterocycles. The molecule has 0 aliphatic carbocycles. The lowest BCUT2D eigenvalue weighted by molar-refractivity contribution is 0.355. The highest BCUT2D eigenvalue weighted by Gasteiger charge is 2.08. The molecule has 0 radical (unpaired) electrons. The van der Waals surface area contributed by atoms with Crippen molar-refractivity contribution in [3.8, 4) is 5.75 Å². The minimum atomic E-state index is -0.0688. The van der Waals surface area contributed by atoms with Crippen LogP contribution in [-0.4, -0.2) is 11.2 Å². The molecular formula is C15H17NO2. The van der Waals surface area contributed by atoms with Crippen LogP contribution in [0, 0.1) is 0 Å². The van der Waals surface area contributed by atoms with Gasteiger partial charge in [-0.15, -0.1) is 0 Å². The molecule has 0 atom stereocenters. The van der Waals surface area contributed by atoms with Gasteiger partial charge in [-0.05, 0) is 26.0 Å². The molecule has 0 amide bonds. The summed E-state index contributed by atoms with van der Waals surface area (Å²) in [5, 5.41) is 1.02. The first-order valence-electron chi connectivity index (χ1n) is 6.14. The smallest absolute Gasteiger partial charge is 0.293 e. The molecule has 0 aliphatic heterocycles. The Bertz CT molecular complexity index is 626. The molecule has 3 nitrogen and oxygen atoms in total. The van der Waals surface area contributed by atoms with Crippen LogP contribution in [0.3, 0.4) is 0 Å². The second-order valence-corrected chi connectivity index (χ2v) is 4.00. The van der Waals surface area contributed by atoms with Gasteiger partial charge >= 0.3 is 0 Å². The fraction of sp³-hybridized carbons (Fsp3) is 0.267. The van der Waals surface area contributed by atoms with Crippen molar-refractivity contribution in [3.05, 3.63) is 52.8 Å². The van der Waals surface area contributed by atoms with E-state index in [1.165, 1.54) is 0 Å². The van der Waals surface area contributed by atoms with Crippen molar-refractivity contribution in [1.82, 2.24) is 4.57 Å². The summed E-state index contributed by atoms with van der Waals surface area (Å²) in [7, 11) is 0. The van der Waals surface area contributed by atoms with Crippen molar-refractivity contribution in [2.24, 2.45) is 0 Å². The van der Waals surface area contributed by atoms with Crippen LogP contribution in [0.15, 0.2) is 47.3 Å². The summed E-state index contributed by atoms with van der Waals surface area (Å²) >= 11 is 0. The van der Waals surface area contributed by atoms with Gasteiger partial charge in [-0.25, -0.2) is 0 Å². The zero-order valence-corrected chi connectivity index (χ0v) is 10.7. The van der Waals surface area contributed by atoms with Crippen molar-refractivity contribution in [3.63, 3.8) is 0 Å². The van der Waals surface area contributed by atoms with E-state index in [0.29, 0.717) is 18.9 Å². The number of rotatable bonds is 4. The monoisotopic (exact) mass is 243 g/mol. The van der Waals surface area contributed by atoms with E-state index in [9.17, 15) is 4.79 Å². The Kier molecular flexibility index (Phi) is 3.82. The maximum absolute atomic E-state index is 12.2. The highest BCUT2D eigenvalue weighted by atomic mass is 16.5. The molecule has 0 saturated carbocycles. The molecule has 0 saturated heterocycles. The van der Waals surface area contributed by atoms with Gasteiger partial charge in [0.25, 0.3) is 5.56 Å². The number of benzene rings is 1. The Morgan fingerprint density at radius 1 is 1.33 bits per heavy atom. The van der Waals surface area contributed by atoms with Gasteiger partial charge in [0.05, 0.1) is 5.52 Å². The van der Waals surface area contributed by atoms with E-state index in [2.05, 4.69) is 0 Å². The minimum absolute atomic E-state index is 0.0688. The van der Waals surface area contributed by atoms with Crippen LogP contribution in [-0.2, 0) is 6.54 Å². The average molecular weight is 243 g/mol. The zero-order valence-electron chi connectivity index (χ0n) is 10.7. The van der Waals surface area contributed by atoms with Crippen molar-refractivity contribution in [2.75, 3.05) is 6.61 Å². The second kappa shape index (κ2) is 5.54. The number of allylic oxidation sites excluding steroid dienone is 1. The first-order valence-corrected chi connectivity index (χ1v) is 6.14. The summed E-state index contributed by atoms with van der Waals surface area (Å²) in [6, 6.07) is 9.66. The van der Waals surface area contributed by atoms with Crippen molar-refractivity contribution < 1.29 is 4.74 Å².